The zero-order valence-electron chi connectivity index (χ0n) is 8.37. The number of hydrogen-bond acceptors (Lipinski definition) is 3. The first-order valence-electron chi connectivity index (χ1n) is 4.95. The minimum atomic E-state index is -0.298. The molecule has 1 atom stereocenters. The lowest BCUT2D eigenvalue weighted by Gasteiger charge is -2.09. The summed E-state index contributed by atoms with van der Waals surface area (Å²) in [5, 5.41) is 20.8. The molecule has 0 aliphatic rings. The van der Waals surface area contributed by atoms with Crippen molar-refractivity contribution in [2.75, 3.05) is 19.7 Å². The van der Waals surface area contributed by atoms with E-state index in [1.165, 1.54) is 0 Å². The summed E-state index contributed by atoms with van der Waals surface area (Å²) in [5.74, 6) is 0. The number of aliphatic hydroxyl groups excluding tert-OH is 2. The van der Waals surface area contributed by atoms with Gasteiger partial charge in [-0.05, 0) is 19.3 Å². The fraction of sp³-hybridized carbons (Fsp3) is 0.800. The van der Waals surface area contributed by atoms with E-state index in [9.17, 15) is 5.11 Å². The lowest BCUT2D eigenvalue weighted by atomic mass is 10.2. The Balaban J connectivity index is 3.19. The molecular weight excluding hydrogens is 166 g/mol. The van der Waals surface area contributed by atoms with Crippen molar-refractivity contribution in [1.82, 2.24) is 5.32 Å². The Morgan fingerprint density at radius 2 is 2.15 bits per heavy atom. The fourth-order valence-electron chi connectivity index (χ4n) is 1.02. The van der Waals surface area contributed by atoms with Gasteiger partial charge < -0.3 is 15.5 Å². The van der Waals surface area contributed by atoms with Gasteiger partial charge in [-0.2, -0.15) is 0 Å². The molecule has 0 fully saturated rings. The summed E-state index contributed by atoms with van der Waals surface area (Å²) in [6.07, 6.45) is 6.67. The predicted molar refractivity (Wildman–Crippen MR) is 54.6 cm³/mol. The van der Waals surface area contributed by atoms with E-state index in [4.69, 9.17) is 5.11 Å². The maximum atomic E-state index is 9.40. The fourth-order valence-corrected chi connectivity index (χ4v) is 1.02. The van der Waals surface area contributed by atoms with E-state index in [0.717, 1.165) is 19.3 Å². The summed E-state index contributed by atoms with van der Waals surface area (Å²) in [4.78, 5) is 0. The SMILES string of the molecule is CC/C=C/CCC(O)CNCCO. The zero-order valence-corrected chi connectivity index (χ0v) is 8.37. The summed E-state index contributed by atoms with van der Waals surface area (Å²) in [6.45, 7) is 3.35. The molecule has 3 heteroatoms. The van der Waals surface area contributed by atoms with Crippen LogP contribution in [0.2, 0.25) is 0 Å². The maximum absolute atomic E-state index is 9.40. The van der Waals surface area contributed by atoms with Gasteiger partial charge >= 0.3 is 0 Å². The summed E-state index contributed by atoms with van der Waals surface area (Å²) in [5.41, 5.74) is 0. The van der Waals surface area contributed by atoms with Crippen molar-refractivity contribution in [1.29, 1.82) is 0 Å². The maximum Gasteiger partial charge on any atom is 0.0667 e. The first-order chi connectivity index (χ1) is 6.31. The van der Waals surface area contributed by atoms with Gasteiger partial charge in [0.05, 0.1) is 12.7 Å². The molecule has 0 amide bonds. The predicted octanol–water partition coefficient (Wildman–Crippen LogP) is 0.676. The quantitative estimate of drug-likeness (QED) is 0.387. The highest BCUT2D eigenvalue weighted by molar-refractivity contribution is 4.81. The molecule has 13 heavy (non-hydrogen) atoms. The molecule has 0 aromatic rings. The topological polar surface area (TPSA) is 52.5 Å². The van der Waals surface area contributed by atoms with Crippen LogP contribution >= 0.6 is 0 Å². The van der Waals surface area contributed by atoms with E-state index in [2.05, 4.69) is 24.4 Å². The molecule has 0 bridgehead atoms. The minimum Gasteiger partial charge on any atom is -0.395 e. The molecule has 0 aliphatic carbocycles. The Hall–Kier alpha value is -0.380. The van der Waals surface area contributed by atoms with Crippen molar-refractivity contribution < 1.29 is 10.2 Å². The van der Waals surface area contributed by atoms with Gasteiger partial charge in [0.25, 0.3) is 0 Å². The van der Waals surface area contributed by atoms with Gasteiger partial charge in [0.15, 0.2) is 0 Å². The third-order valence-corrected chi connectivity index (χ3v) is 1.74. The van der Waals surface area contributed by atoms with Crippen LogP contribution in [0.1, 0.15) is 26.2 Å². The standard InChI is InChI=1S/C10H21NO2/c1-2-3-4-5-6-10(13)9-11-7-8-12/h3-4,10-13H,2,5-9H2,1H3/b4-3+. The number of hydrogen-bond donors (Lipinski definition) is 3. The van der Waals surface area contributed by atoms with E-state index in [1.807, 2.05) is 0 Å². The van der Waals surface area contributed by atoms with Crippen LogP contribution in [0.4, 0.5) is 0 Å². The number of aliphatic hydroxyl groups is 2. The molecular formula is C10H21NO2. The molecule has 78 valence electrons. The van der Waals surface area contributed by atoms with Gasteiger partial charge in [-0.1, -0.05) is 19.1 Å². The first-order valence-corrected chi connectivity index (χ1v) is 4.95. The van der Waals surface area contributed by atoms with Crippen LogP contribution in [0.3, 0.4) is 0 Å². The molecule has 0 spiro atoms. The van der Waals surface area contributed by atoms with Crippen molar-refractivity contribution in [3.63, 3.8) is 0 Å². The highest BCUT2D eigenvalue weighted by atomic mass is 16.3. The zero-order chi connectivity index (χ0) is 9.94. The Kier molecular flexibility index (Phi) is 9.42. The van der Waals surface area contributed by atoms with Crippen LogP contribution in [-0.2, 0) is 0 Å². The molecule has 0 aliphatic heterocycles. The lowest BCUT2D eigenvalue weighted by molar-refractivity contribution is 0.159. The normalized spacial score (nSPS) is 13.8. The smallest absolute Gasteiger partial charge is 0.0667 e. The van der Waals surface area contributed by atoms with Crippen LogP contribution in [0.15, 0.2) is 12.2 Å². The second kappa shape index (κ2) is 9.71. The van der Waals surface area contributed by atoms with E-state index in [-0.39, 0.29) is 12.7 Å². The first kappa shape index (κ1) is 12.6. The van der Waals surface area contributed by atoms with Crippen LogP contribution in [0, 0.1) is 0 Å². The Labute approximate surface area is 80.5 Å². The lowest BCUT2D eigenvalue weighted by Crippen LogP contribution is -2.28. The number of nitrogens with one attached hydrogen (secondary N) is 1. The van der Waals surface area contributed by atoms with E-state index in [0.29, 0.717) is 13.1 Å². The van der Waals surface area contributed by atoms with Crippen molar-refractivity contribution in [2.45, 2.75) is 32.3 Å². The summed E-state index contributed by atoms with van der Waals surface area (Å²) in [7, 11) is 0. The minimum absolute atomic E-state index is 0.127. The molecule has 3 N–H and O–H groups in total. The van der Waals surface area contributed by atoms with Crippen LogP contribution < -0.4 is 5.32 Å². The summed E-state index contributed by atoms with van der Waals surface area (Å²) < 4.78 is 0. The second-order valence-corrected chi connectivity index (χ2v) is 3.04. The summed E-state index contributed by atoms with van der Waals surface area (Å²) >= 11 is 0. The van der Waals surface area contributed by atoms with E-state index in [1.54, 1.807) is 0 Å². The largest absolute Gasteiger partial charge is 0.395 e. The van der Waals surface area contributed by atoms with Crippen molar-refractivity contribution in [2.24, 2.45) is 0 Å². The van der Waals surface area contributed by atoms with Crippen molar-refractivity contribution in [3.05, 3.63) is 12.2 Å². The molecule has 1 unspecified atom stereocenters. The highest BCUT2D eigenvalue weighted by Crippen LogP contribution is 1.97. The third-order valence-electron chi connectivity index (χ3n) is 1.74. The van der Waals surface area contributed by atoms with E-state index < -0.39 is 0 Å². The van der Waals surface area contributed by atoms with Gasteiger partial charge in [0.1, 0.15) is 0 Å². The molecule has 3 nitrogen and oxygen atoms in total. The van der Waals surface area contributed by atoms with Gasteiger partial charge in [-0.3, -0.25) is 0 Å². The van der Waals surface area contributed by atoms with Gasteiger partial charge in [0.2, 0.25) is 0 Å². The van der Waals surface area contributed by atoms with Gasteiger partial charge in [-0.25, -0.2) is 0 Å². The van der Waals surface area contributed by atoms with Gasteiger partial charge in [0, 0.05) is 13.1 Å². The van der Waals surface area contributed by atoms with Crippen LogP contribution in [0.5, 0.6) is 0 Å². The Morgan fingerprint density at radius 3 is 2.77 bits per heavy atom. The highest BCUT2D eigenvalue weighted by Gasteiger charge is 2.00. The monoisotopic (exact) mass is 187 g/mol. The number of allylic oxidation sites excluding steroid dienone is 2. The Bertz CT molecular complexity index is 126. The molecule has 0 saturated heterocycles. The second-order valence-electron chi connectivity index (χ2n) is 3.04. The Morgan fingerprint density at radius 1 is 1.38 bits per heavy atom. The molecule has 0 aromatic carbocycles. The average molecular weight is 187 g/mol. The number of rotatable bonds is 8. The summed E-state index contributed by atoms with van der Waals surface area (Å²) in [6, 6.07) is 0. The van der Waals surface area contributed by atoms with Crippen molar-refractivity contribution in [3.8, 4) is 0 Å². The molecule has 0 aromatic heterocycles. The molecule has 0 radical (unpaired) electrons. The van der Waals surface area contributed by atoms with E-state index >= 15 is 0 Å². The average Bonchev–Trinajstić information content (AvgIpc) is 2.13. The van der Waals surface area contributed by atoms with Gasteiger partial charge in [-0.15, -0.1) is 0 Å². The molecule has 0 saturated carbocycles. The third kappa shape index (κ3) is 9.53. The van der Waals surface area contributed by atoms with Crippen molar-refractivity contribution >= 4 is 0 Å². The molecule has 0 heterocycles. The van der Waals surface area contributed by atoms with Crippen LogP contribution in [0.25, 0.3) is 0 Å². The molecule has 0 rings (SSSR count). The van der Waals surface area contributed by atoms with Crippen LogP contribution in [-0.4, -0.2) is 36.0 Å².